The first-order chi connectivity index (χ1) is 11.0. The van der Waals surface area contributed by atoms with Crippen LogP contribution in [0.1, 0.15) is 57.6 Å². The van der Waals surface area contributed by atoms with Crippen molar-refractivity contribution in [3.05, 3.63) is 35.9 Å². The number of likely N-dealkylation sites (N-methyl/N-ethyl adjacent to an activating group) is 1. The quantitative estimate of drug-likeness (QED) is 0.325. The number of carbonyl (C=O) groups excluding carboxylic acids is 1. The third-order valence-electron chi connectivity index (χ3n) is 4.19. The van der Waals surface area contributed by atoms with Crippen LogP contribution in [-0.2, 0) is 9.53 Å². The molecule has 0 aliphatic heterocycles. The molecule has 0 heterocycles. The first-order valence-corrected chi connectivity index (χ1v) is 9.44. The van der Waals surface area contributed by atoms with Crippen LogP contribution in [0.3, 0.4) is 0 Å². The smallest absolute Gasteiger partial charge is 0.320 e. The summed E-state index contributed by atoms with van der Waals surface area (Å²) >= 11 is 3.49. The topological polar surface area (TPSA) is 29.5 Å². The van der Waals surface area contributed by atoms with Crippen molar-refractivity contribution in [2.24, 2.45) is 0 Å². The predicted octanol–water partition coefficient (Wildman–Crippen LogP) is 4.95. The van der Waals surface area contributed by atoms with Gasteiger partial charge < -0.3 is 9.64 Å². The molecule has 1 rings (SSSR count). The molecule has 1 aromatic carbocycles. The fourth-order valence-electron chi connectivity index (χ4n) is 2.43. The van der Waals surface area contributed by atoms with Crippen molar-refractivity contribution < 1.29 is 9.53 Å². The Balaban J connectivity index is 2.67. The number of hydrogen-bond donors (Lipinski definition) is 0. The number of unbranched alkanes of at least 4 members (excludes halogenated alkanes) is 3. The summed E-state index contributed by atoms with van der Waals surface area (Å²) in [6.07, 6.45) is 5.22. The van der Waals surface area contributed by atoms with Gasteiger partial charge in [0, 0.05) is 6.04 Å². The molecule has 0 aliphatic rings. The van der Waals surface area contributed by atoms with E-state index in [2.05, 4.69) is 34.7 Å². The Morgan fingerprint density at radius 1 is 1.17 bits per heavy atom. The second kappa shape index (κ2) is 10.8. The molecular weight excluding hydrogens is 354 g/mol. The summed E-state index contributed by atoms with van der Waals surface area (Å²) in [6, 6.07) is 10.1. The van der Waals surface area contributed by atoms with E-state index in [1.807, 2.05) is 44.4 Å². The molecule has 3 atom stereocenters. The molecule has 0 saturated carbocycles. The fourth-order valence-corrected chi connectivity index (χ4v) is 2.86. The molecule has 1 unspecified atom stereocenters. The SMILES string of the molecule is CCCCCCC(Br)C(=O)O[C@@H](c1ccccc1)[C@H](C)N(C)C. The monoisotopic (exact) mass is 383 g/mol. The number of carbonyl (C=O) groups is 1. The Hall–Kier alpha value is -0.870. The summed E-state index contributed by atoms with van der Waals surface area (Å²) in [6.45, 7) is 4.27. The summed E-state index contributed by atoms with van der Waals surface area (Å²) < 4.78 is 5.85. The molecule has 0 aromatic heterocycles. The number of alkyl halides is 1. The minimum Gasteiger partial charge on any atom is -0.455 e. The van der Waals surface area contributed by atoms with E-state index in [-0.39, 0.29) is 22.9 Å². The van der Waals surface area contributed by atoms with Crippen LogP contribution >= 0.6 is 15.9 Å². The van der Waals surface area contributed by atoms with E-state index in [0.29, 0.717) is 0 Å². The van der Waals surface area contributed by atoms with Crippen LogP contribution in [0, 0.1) is 0 Å². The molecule has 130 valence electrons. The van der Waals surface area contributed by atoms with E-state index in [4.69, 9.17) is 4.74 Å². The van der Waals surface area contributed by atoms with Crippen LogP contribution in [0.4, 0.5) is 0 Å². The van der Waals surface area contributed by atoms with Gasteiger partial charge in [-0.25, -0.2) is 0 Å². The highest BCUT2D eigenvalue weighted by atomic mass is 79.9. The highest BCUT2D eigenvalue weighted by Crippen LogP contribution is 2.26. The molecule has 23 heavy (non-hydrogen) atoms. The van der Waals surface area contributed by atoms with Gasteiger partial charge in [-0.15, -0.1) is 0 Å². The van der Waals surface area contributed by atoms with Crippen molar-refractivity contribution in [1.29, 1.82) is 0 Å². The van der Waals surface area contributed by atoms with E-state index in [0.717, 1.165) is 18.4 Å². The third-order valence-corrected chi connectivity index (χ3v) is 5.02. The van der Waals surface area contributed by atoms with E-state index < -0.39 is 0 Å². The van der Waals surface area contributed by atoms with E-state index in [9.17, 15) is 4.79 Å². The van der Waals surface area contributed by atoms with Crippen LogP contribution in [0.25, 0.3) is 0 Å². The standard InChI is InChI=1S/C19H30BrNO2/c1-5-6-7-11-14-17(20)19(22)23-18(15(2)21(3)4)16-12-9-8-10-13-16/h8-10,12-13,15,17-18H,5-7,11,14H2,1-4H3/t15-,17?,18+/m0/s1. The van der Waals surface area contributed by atoms with Crippen LogP contribution < -0.4 is 0 Å². The number of benzene rings is 1. The van der Waals surface area contributed by atoms with Gasteiger partial charge in [-0.05, 0) is 33.0 Å². The zero-order valence-electron chi connectivity index (χ0n) is 14.8. The average molecular weight is 384 g/mol. The number of rotatable bonds is 10. The fraction of sp³-hybridized carbons (Fsp3) is 0.632. The van der Waals surface area contributed by atoms with Crippen molar-refractivity contribution in [2.45, 2.75) is 62.9 Å². The lowest BCUT2D eigenvalue weighted by Crippen LogP contribution is -2.35. The molecule has 1 aromatic rings. The largest absolute Gasteiger partial charge is 0.455 e. The Bertz CT molecular complexity index is 450. The molecular formula is C19H30BrNO2. The van der Waals surface area contributed by atoms with Gasteiger partial charge in [0.05, 0.1) is 0 Å². The van der Waals surface area contributed by atoms with Crippen LogP contribution in [0.15, 0.2) is 30.3 Å². The van der Waals surface area contributed by atoms with Crippen molar-refractivity contribution in [1.82, 2.24) is 4.90 Å². The number of ether oxygens (including phenoxy) is 1. The van der Waals surface area contributed by atoms with Crippen LogP contribution in [0.2, 0.25) is 0 Å². The second-order valence-corrected chi connectivity index (χ2v) is 7.39. The zero-order valence-corrected chi connectivity index (χ0v) is 16.4. The number of nitrogens with zero attached hydrogens (tertiary/aromatic N) is 1. The Labute approximate surface area is 149 Å². The first kappa shape index (κ1) is 20.2. The van der Waals surface area contributed by atoms with Gasteiger partial charge in [0.1, 0.15) is 10.9 Å². The zero-order chi connectivity index (χ0) is 17.2. The van der Waals surface area contributed by atoms with E-state index in [1.165, 1.54) is 19.3 Å². The van der Waals surface area contributed by atoms with E-state index in [1.54, 1.807) is 0 Å². The average Bonchev–Trinajstić information content (AvgIpc) is 2.56. The molecule has 3 nitrogen and oxygen atoms in total. The van der Waals surface area contributed by atoms with Gasteiger partial charge in [-0.1, -0.05) is 78.9 Å². The van der Waals surface area contributed by atoms with Gasteiger partial charge in [-0.3, -0.25) is 4.79 Å². The minimum absolute atomic E-state index is 0.112. The molecule has 0 bridgehead atoms. The molecule has 0 amide bonds. The predicted molar refractivity (Wildman–Crippen MR) is 99.9 cm³/mol. The summed E-state index contributed by atoms with van der Waals surface area (Å²) in [5.41, 5.74) is 1.03. The second-order valence-electron chi connectivity index (χ2n) is 6.29. The summed E-state index contributed by atoms with van der Waals surface area (Å²) in [5.74, 6) is -0.163. The summed E-state index contributed by atoms with van der Waals surface area (Å²) in [4.78, 5) is 14.3. The van der Waals surface area contributed by atoms with Crippen LogP contribution in [0.5, 0.6) is 0 Å². The van der Waals surface area contributed by atoms with Gasteiger partial charge >= 0.3 is 5.97 Å². The summed E-state index contributed by atoms with van der Waals surface area (Å²) in [7, 11) is 4.01. The normalized spacial score (nSPS) is 15.2. The lowest BCUT2D eigenvalue weighted by Gasteiger charge is -2.30. The highest BCUT2D eigenvalue weighted by molar-refractivity contribution is 9.10. The third kappa shape index (κ3) is 7.05. The summed E-state index contributed by atoms with van der Waals surface area (Å²) in [5, 5.41) is 0. The van der Waals surface area contributed by atoms with Crippen molar-refractivity contribution >= 4 is 21.9 Å². The Morgan fingerprint density at radius 2 is 1.83 bits per heavy atom. The maximum absolute atomic E-state index is 12.4. The number of esters is 1. The van der Waals surface area contributed by atoms with Crippen molar-refractivity contribution in [2.75, 3.05) is 14.1 Å². The molecule has 0 radical (unpaired) electrons. The number of hydrogen-bond acceptors (Lipinski definition) is 3. The maximum atomic E-state index is 12.4. The van der Waals surface area contributed by atoms with Gasteiger partial charge in [0.15, 0.2) is 0 Å². The number of halogens is 1. The van der Waals surface area contributed by atoms with Crippen molar-refractivity contribution in [3.8, 4) is 0 Å². The molecule has 0 N–H and O–H groups in total. The van der Waals surface area contributed by atoms with Gasteiger partial charge in [0.25, 0.3) is 0 Å². The Morgan fingerprint density at radius 3 is 2.39 bits per heavy atom. The molecule has 0 aliphatic carbocycles. The molecule has 4 heteroatoms. The minimum atomic E-state index is -0.255. The lowest BCUT2D eigenvalue weighted by atomic mass is 10.0. The Kier molecular flexibility index (Phi) is 9.49. The van der Waals surface area contributed by atoms with Crippen molar-refractivity contribution in [3.63, 3.8) is 0 Å². The first-order valence-electron chi connectivity index (χ1n) is 8.53. The lowest BCUT2D eigenvalue weighted by molar-refractivity contribution is -0.151. The molecule has 0 fully saturated rings. The molecule has 0 spiro atoms. The maximum Gasteiger partial charge on any atom is 0.320 e. The van der Waals surface area contributed by atoms with E-state index >= 15 is 0 Å². The highest BCUT2D eigenvalue weighted by Gasteiger charge is 2.27. The van der Waals surface area contributed by atoms with Gasteiger partial charge in [0.2, 0.25) is 0 Å². The molecule has 0 saturated heterocycles. The van der Waals surface area contributed by atoms with Crippen LogP contribution in [-0.4, -0.2) is 35.8 Å². The van der Waals surface area contributed by atoms with Gasteiger partial charge in [-0.2, -0.15) is 0 Å².